The van der Waals surface area contributed by atoms with Crippen molar-refractivity contribution in [2.45, 2.75) is 20.4 Å². The summed E-state index contributed by atoms with van der Waals surface area (Å²) in [5.74, 6) is -0.369. The first kappa shape index (κ1) is 19.7. The maximum atomic E-state index is 13.1. The molecule has 7 heteroatoms. The van der Waals surface area contributed by atoms with E-state index in [-0.39, 0.29) is 17.2 Å². The number of carbonyl (C=O) groups is 1. The minimum absolute atomic E-state index is 0.205. The molecule has 0 aliphatic heterocycles. The molecule has 3 heterocycles. The summed E-state index contributed by atoms with van der Waals surface area (Å²) in [7, 11) is 0. The number of aryl methyl sites for hydroxylation is 2. The molecule has 3 aromatic heterocycles. The second-order valence-corrected chi connectivity index (χ2v) is 7.65. The number of imidazole rings is 1. The van der Waals surface area contributed by atoms with Gasteiger partial charge in [-0.2, -0.15) is 5.10 Å². The molecule has 0 spiro atoms. The van der Waals surface area contributed by atoms with E-state index >= 15 is 0 Å². The van der Waals surface area contributed by atoms with Crippen LogP contribution in [0.15, 0.2) is 77.9 Å². The molecule has 2 aromatic carbocycles. The van der Waals surface area contributed by atoms with Crippen molar-refractivity contribution in [3.8, 4) is 11.3 Å². The molecule has 158 valence electrons. The lowest BCUT2D eigenvalue weighted by molar-refractivity contribution is 0.102. The fourth-order valence-electron chi connectivity index (χ4n) is 3.79. The SMILES string of the molecule is CCn1nc(C(=O)Nc2cccc(-c3cn4ccc(C)cc4n3)c2)c2ccccc2c1=O. The number of rotatable bonds is 4. The monoisotopic (exact) mass is 423 g/mol. The van der Waals surface area contributed by atoms with Crippen molar-refractivity contribution in [2.24, 2.45) is 0 Å². The molecule has 0 atom stereocenters. The first-order chi connectivity index (χ1) is 15.5. The minimum atomic E-state index is -0.369. The maximum absolute atomic E-state index is 13.1. The standard InChI is InChI=1S/C25H21N5O2/c1-3-30-25(32)20-10-5-4-9-19(20)23(28-30)24(31)26-18-8-6-7-17(14-18)21-15-29-12-11-16(2)13-22(29)27-21/h4-15H,3H2,1-2H3,(H,26,31). The Kier molecular flexibility index (Phi) is 4.78. The highest BCUT2D eigenvalue weighted by atomic mass is 16.2. The topological polar surface area (TPSA) is 81.3 Å². The zero-order chi connectivity index (χ0) is 22.2. The van der Waals surface area contributed by atoms with E-state index < -0.39 is 0 Å². The fraction of sp³-hybridized carbons (Fsp3) is 0.120. The van der Waals surface area contributed by atoms with Crippen LogP contribution < -0.4 is 10.9 Å². The number of benzene rings is 2. The van der Waals surface area contributed by atoms with E-state index in [1.165, 1.54) is 4.68 Å². The van der Waals surface area contributed by atoms with E-state index in [0.29, 0.717) is 23.0 Å². The van der Waals surface area contributed by atoms with Crippen molar-refractivity contribution >= 4 is 28.0 Å². The number of aromatic nitrogens is 4. The van der Waals surface area contributed by atoms with Crippen LogP contribution in [0, 0.1) is 6.92 Å². The van der Waals surface area contributed by atoms with Gasteiger partial charge in [-0.1, -0.05) is 30.3 Å². The normalized spacial score (nSPS) is 11.2. The Bertz CT molecular complexity index is 1550. The quantitative estimate of drug-likeness (QED) is 0.468. The van der Waals surface area contributed by atoms with Crippen molar-refractivity contribution in [2.75, 3.05) is 5.32 Å². The van der Waals surface area contributed by atoms with Crippen molar-refractivity contribution in [1.82, 2.24) is 19.2 Å². The lowest BCUT2D eigenvalue weighted by atomic mass is 10.1. The second kappa shape index (κ2) is 7.77. The number of hydrogen-bond donors (Lipinski definition) is 1. The van der Waals surface area contributed by atoms with Gasteiger partial charge in [0.1, 0.15) is 5.65 Å². The second-order valence-electron chi connectivity index (χ2n) is 7.65. The highest BCUT2D eigenvalue weighted by Crippen LogP contribution is 2.24. The summed E-state index contributed by atoms with van der Waals surface area (Å²) in [5.41, 5.74) is 4.35. The first-order valence-corrected chi connectivity index (χ1v) is 10.4. The van der Waals surface area contributed by atoms with Crippen LogP contribution in [0.3, 0.4) is 0 Å². The molecular weight excluding hydrogens is 402 g/mol. The van der Waals surface area contributed by atoms with E-state index in [4.69, 9.17) is 4.98 Å². The van der Waals surface area contributed by atoms with Crippen LogP contribution >= 0.6 is 0 Å². The third-order valence-corrected chi connectivity index (χ3v) is 5.41. The van der Waals surface area contributed by atoms with E-state index in [0.717, 1.165) is 22.5 Å². The molecule has 0 radical (unpaired) electrons. The number of nitrogens with one attached hydrogen (secondary N) is 1. The summed E-state index contributed by atoms with van der Waals surface area (Å²) in [5, 5.41) is 8.24. The first-order valence-electron chi connectivity index (χ1n) is 10.4. The molecule has 0 fully saturated rings. The molecule has 5 rings (SSSR count). The van der Waals surface area contributed by atoms with E-state index in [9.17, 15) is 9.59 Å². The molecule has 0 aliphatic carbocycles. The van der Waals surface area contributed by atoms with Crippen LogP contribution in [0.1, 0.15) is 23.0 Å². The number of nitrogens with zero attached hydrogens (tertiary/aromatic N) is 4. The number of fused-ring (bicyclic) bond motifs is 2. The van der Waals surface area contributed by atoms with Gasteiger partial charge in [-0.15, -0.1) is 0 Å². The number of anilines is 1. The Balaban J connectivity index is 1.50. The Labute approximate surface area is 184 Å². The van der Waals surface area contributed by atoms with Crippen LogP contribution in [-0.2, 0) is 6.54 Å². The van der Waals surface area contributed by atoms with Gasteiger partial charge < -0.3 is 9.72 Å². The number of pyridine rings is 1. The van der Waals surface area contributed by atoms with Gasteiger partial charge in [0.15, 0.2) is 5.69 Å². The predicted octanol–water partition coefficient (Wildman–Crippen LogP) is 4.29. The van der Waals surface area contributed by atoms with Crippen molar-refractivity contribution in [3.05, 3.63) is 94.7 Å². The summed E-state index contributed by atoms with van der Waals surface area (Å²) in [6, 6.07) is 18.6. The largest absolute Gasteiger partial charge is 0.321 e. The van der Waals surface area contributed by atoms with Crippen LogP contribution in [0.25, 0.3) is 27.7 Å². The minimum Gasteiger partial charge on any atom is -0.321 e. The van der Waals surface area contributed by atoms with Gasteiger partial charge in [0.05, 0.1) is 11.1 Å². The Hall–Kier alpha value is -4.26. The Morgan fingerprint density at radius 2 is 1.84 bits per heavy atom. The lowest BCUT2D eigenvalue weighted by Gasteiger charge is -2.10. The van der Waals surface area contributed by atoms with Gasteiger partial charge in [-0.3, -0.25) is 9.59 Å². The van der Waals surface area contributed by atoms with Crippen LogP contribution in [0.2, 0.25) is 0 Å². The molecule has 0 unspecified atom stereocenters. The van der Waals surface area contributed by atoms with Crippen molar-refractivity contribution in [3.63, 3.8) is 0 Å². The third kappa shape index (κ3) is 3.43. The van der Waals surface area contributed by atoms with E-state index in [1.807, 2.05) is 67.0 Å². The molecule has 5 aromatic rings. The molecule has 1 N–H and O–H groups in total. The molecule has 32 heavy (non-hydrogen) atoms. The van der Waals surface area contributed by atoms with Crippen LogP contribution in [-0.4, -0.2) is 25.1 Å². The van der Waals surface area contributed by atoms with Gasteiger partial charge in [0.2, 0.25) is 0 Å². The summed E-state index contributed by atoms with van der Waals surface area (Å²) < 4.78 is 3.28. The van der Waals surface area contributed by atoms with Gasteiger partial charge in [-0.05, 0) is 49.7 Å². The van der Waals surface area contributed by atoms with Gasteiger partial charge in [0, 0.05) is 35.6 Å². The maximum Gasteiger partial charge on any atom is 0.276 e. The zero-order valence-corrected chi connectivity index (χ0v) is 17.7. The average Bonchev–Trinajstić information content (AvgIpc) is 3.23. The summed E-state index contributed by atoms with van der Waals surface area (Å²) in [4.78, 5) is 30.4. The van der Waals surface area contributed by atoms with Crippen molar-refractivity contribution < 1.29 is 4.79 Å². The zero-order valence-electron chi connectivity index (χ0n) is 17.7. The summed E-state index contributed by atoms with van der Waals surface area (Å²) >= 11 is 0. The van der Waals surface area contributed by atoms with Crippen LogP contribution in [0.4, 0.5) is 5.69 Å². The molecule has 1 amide bonds. The van der Waals surface area contributed by atoms with Gasteiger partial charge >= 0.3 is 0 Å². The number of hydrogen-bond acceptors (Lipinski definition) is 4. The van der Waals surface area contributed by atoms with E-state index in [1.54, 1.807) is 24.3 Å². The Morgan fingerprint density at radius 1 is 1.03 bits per heavy atom. The molecule has 0 bridgehead atoms. The molecule has 0 saturated carbocycles. The van der Waals surface area contributed by atoms with Gasteiger partial charge in [0.25, 0.3) is 11.5 Å². The molecule has 0 saturated heterocycles. The summed E-state index contributed by atoms with van der Waals surface area (Å²) in [6.07, 6.45) is 3.94. The van der Waals surface area contributed by atoms with Crippen LogP contribution in [0.5, 0.6) is 0 Å². The molecule has 7 nitrogen and oxygen atoms in total. The highest BCUT2D eigenvalue weighted by Gasteiger charge is 2.17. The Morgan fingerprint density at radius 3 is 2.66 bits per heavy atom. The molecule has 0 aliphatic rings. The van der Waals surface area contributed by atoms with E-state index in [2.05, 4.69) is 10.4 Å². The average molecular weight is 423 g/mol. The molecular formula is C25H21N5O2. The predicted molar refractivity (Wildman–Crippen MR) is 125 cm³/mol. The third-order valence-electron chi connectivity index (χ3n) is 5.41. The smallest absolute Gasteiger partial charge is 0.276 e. The number of amides is 1. The van der Waals surface area contributed by atoms with Crippen molar-refractivity contribution in [1.29, 1.82) is 0 Å². The highest BCUT2D eigenvalue weighted by molar-refractivity contribution is 6.11. The van der Waals surface area contributed by atoms with Gasteiger partial charge in [-0.25, -0.2) is 9.67 Å². The number of carbonyl (C=O) groups excluding carboxylic acids is 1. The fourth-order valence-corrected chi connectivity index (χ4v) is 3.79. The summed E-state index contributed by atoms with van der Waals surface area (Å²) in [6.45, 7) is 4.24. The lowest BCUT2D eigenvalue weighted by Crippen LogP contribution is -2.27.